The molecule has 0 aromatic heterocycles. The van der Waals surface area contributed by atoms with E-state index in [0.29, 0.717) is 6.04 Å². The molecule has 3 rings (SSSR count). The van der Waals surface area contributed by atoms with Crippen molar-refractivity contribution in [1.82, 2.24) is 5.32 Å². The molecule has 2 aliphatic rings. The third-order valence-corrected chi connectivity index (χ3v) is 3.91. The van der Waals surface area contributed by atoms with Crippen LogP contribution >= 0.6 is 0 Å². The van der Waals surface area contributed by atoms with Gasteiger partial charge in [0, 0.05) is 19.2 Å². The number of hydrogen-bond donors (Lipinski definition) is 1. The van der Waals surface area contributed by atoms with Gasteiger partial charge < -0.3 is 10.1 Å². The van der Waals surface area contributed by atoms with Crippen LogP contribution < -0.4 is 5.32 Å². The van der Waals surface area contributed by atoms with Crippen LogP contribution in [0.3, 0.4) is 0 Å². The van der Waals surface area contributed by atoms with E-state index < -0.39 is 0 Å². The molecule has 98 valence electrons. The lowest BCUT2D eigenvalue weighted by Crippen LogP contribution is -2.27. The smallest absolute Gasteiger partial charge is 0.0591 e. The fourth-order valence-corrected chi connectivity index (χ4v) is 2.47. The van der Waals surface area contributed by atoms with Gasteiger partial charge in [0.15, 0.2) is 0 Å². The van der Waals surface area contributed by atoms with E-state index in [1.165, 1.54) is 31.2 Å². The molecule has 0 amide bonds. The molecule has 1 aromatic carbocycles. The number of hydrogen-bond acceptors (Lipinski definition) is 2. The Balaban J connectivity index is 1.42. The van der Waals surface area contributed by atoms with Crippen molar-refractivity contribution < 1.29 is 4.74 Å². The van der Waals surface area contributed by atoms with Crippen molar-refractivity contribution >= 4 is 0 Å². The Bertz CT molecular complexity index is 357. The summed E-state index contributed by atoms with van der Waals surface area (Å²) in [7, 11) is 0. The van der Waals surface area contributed by atoms with Crippen molar-refractivity contribution in [3.63, 3.8) is 0 Å². The van der Waals surface area contributed by atoms with Crippen LogP contribution in [0.1, 0.15) is 37.3 Å². The van der Waals surface area contributed by atoms with Gasteiger partial charge in [-0.15, -0.1) is 0 Å². The summed E-state index contributed by atoms with van der Waals surface area (Å²) in [5.41, 5.74) is 1.43. The van der Waals surface area contributed by atoms with Crippen LogP contribution in [0.15, 0.2) is 30.3 Å². The molecule has 1 aromatic rings. The number of rotatable bonds is 8. The number of nitrogens with one attached hydrogen (secondary N) is 1. The number of ether oxygens (including phenoxy) is 1. The number of benzene rings is 1. The minimum atomic E-state index is 0.538. The maximum absolute atomic E-state index is 5.68. The quantitative estimate of drug-likeness (QED) is 0.710. The van der Waals surface area contributed by atoms with Crippen molar-refractivity contribution in [2.24, 2.45) is 11.8 Å². The van der Waals surface area contributed by atoms with Gasteiger partial charge in [0.2, 0.25) is 0 Å². The maximum Gasteiger partial charge on any atom is 0.0591 e. The highest BCUT2D eigenvalue weighted by molar-refractivity contribution is 5.21. The molecule has 0 spiro atoms. The van der Waals surface area contributed by atoms with Gasteiger partial charge >= 0.3 is 0 Å². The second-order valence-corrected chi connectivity index (χ2v) is 5.70. The Morgan fingerprint density at radius 2 is 1.89 bits per heavy atom. The molecule has 1 atom stereocenters. The molecular weight excluding hydrogens is 222 g/mol. The van der Waals surface area contributed by atoms with E-state index in [-0.39, 0.29) is 0 Å². The maximum atomic E-state index is 5.68. The first-order chi connectivity index (χ1) is 8.93. The zero-order valence-electron chi connectivity index (χ0n) is 11.0. The molecule has 2 nitrogen and oxygen atoms in total. The van der Waals surface area contributed by atoms with E-state index in [1.54, 1.807) is 0 Å². The summed E-state index contributed by atoms with van der Waals surface area (Å²) >= 11 is 0. The Hall–Kier alpha value is -0.860. The molecule has 2 aliphatic carbocycles. The lowest BCUT2D eigenvalue weighted by atomic mass is 10.0. The summed E-state index contributed by atoms with van der Waals surface area (Å²) < 4.78 is 5.68. The van der Waals surface area contributed by atoms with E-state index in [9.17, 15) is 0 Å². The minimum Gasteiger partial charge on any atom is -0.380 e. The summed E-state index contributed by atoms with van der Waals surface area (Å²) in [5.74, 6) is 1.72. The van der Waals surface area contributed by atoms with Crippen molar-refractivity contribution in [2.75, 3.05) is 19.8 Å². The predicted octanol–water partition coefficient (Wildman–Crippen LogP) is 3.15. The summed E-state index contributed by atoms with van der Waals surface area (Å²) in [6, 6.07) is 11.4. The van der Waals surface area contributed by atoms with Gasteiger partial charge in [-0.2, -0.15) is 0 Å². The van der Waals surface area contributed by atoms with Crippen molar-refractivity contribution in [3.8, 4) is 0 Å². The monoisotopic (exact) mass is 245 g/mol. The lowest BCUT2D eigenvalue weighted by Gasteiger charge is -2.18. The average Bonchev–Trinajstić information content (AvgIpc) is 3.28. The van der Waals surface area contributed by atoms with Crippen molar-refractivity contribution in [2.45, 2.75) is 31.7 Å². The van der Waals surface area contributed by atoms with Gasteiger partial charge in [-0.05, 0) is 43.1 Å². The van der Waals surface area contributed by atoms with Gasteiger partial charge in [0.05, 0.1) is 6.61 Å². The second-order valence-electron chi connectivity index (χ2n) is 5.70. The molecule has 0 aliphatic heterocycles. The van der Waals surface area contributed by atoms with Crippen LogP contribution in [-0.2, 0) is 4.74 Å². The largest absolute Gasteiger partial charge is 0.380 e. The van der Waals surface area contributed by atoms with E-state index in [4.69, 9.17) is 4.74 Å². The Morgan fingerprint density at radius 1 is 1.11 bits per heavy atom. The normalized spacial score (nSPS) is 20.9. The lowest BCUT2D eigenvalue weighted by molar-refractivity contribution is 0.123. The van der Waals surface area contributed by atoms with Crippen LogP contribution in [0.25, 0.3) is 0 Å². The molecule has 1 N–H and O–H groups in total. The Kier molecular flexibility index (Phi) is 3.96. The van der Waals surface area contributed by atoms with Crippen molar-refractivity contribution in [3.05, 3.63) is 35.9 Å². The molecule has 0 radical (unpaired) electrons. The Labute approximate surface area is 110 Å². The molecular formula is C16H23NO. The van der Waals surface area contributed by atoms with Crippen LogP contribution in [0, 0.1) is 11.8 Å². The molecule has 1 unspecified atom stereocenters. The fourth-order valence-electron chi connectivity index (χ4n) is 2.47. The zero-order chi connectivity index (χ0) is 12.2. The summed E-state index contributed by atoms with van der Waals surface area (Å²) in [5, 5.41) is 3.67. The first-order valence-electron chi connectivity index (χ1n) is 7.29. The van der Waals surface area contributed by atoms with E-state index in [0.717, 1.165) is 31.6 Å². The third-order valence-electron chi connectivity index (χ3n) is 3.91. The molecule has 0 saturated heterocycles. The van der Waals surface area contributed by atoms with Crippen LogP contribution in [0.4, 0.5) is 0 Å². The molecule has 0 heterocycles. The highest BCUT2D eigenvalue weighted by atomic mass is 16.5. The fraction of sp³-hybridized carbons (Fsp3) is 0.625. The predicted molar refractivity (Wildman–Crippen MR) is 73.5 cm³/mol. The molecule has 2 fully saturated rings. The minimum absolute atomic E-state index is 0.538. The highest BCUT2D eigenvalue weighted by Crippen LogP contribution is 2.40. The molecule has 0 bridgehead atoms. The third kappa shape index (κ3) is 3.56. The van der Waals surface area contributed by atoms with E-state index >= 15 is 0 Å². The summed E-state index contributed by atoms with van der Waals surface area (Å²) in [6.07, 6.45) is 5.50. The zero-order valence-corrected chi connectivity index (χ0v) is 11.0. The topological polar surface area (TPSA) is 21.3 Å². The van der Waals surface area contributed by atoms with E-state index in [1.807, 2.05) is 0 Å². The van der Waals surface area contributed by atoms with Gasteiger partial charge in [0.1, 0.15) is 0 Å². The van der Waals surface area contributed by atoms with Crippen molar-refractivity contribution in [1.29, 1.82) is 0 Å². The molecule has 2 heteroatoms. The van der Waals surface area contributed by atoms with Gasteiger partial charge in [-0.3, -0.25) is 0 Å². The first-order valence-corrected chi connectivity index (χ1v) is 7.29. The average molecular weight is 245 g/mol. The SMILES string of the molecule is c1ccc(C(NCCOCC2CC2)C2CC2)cc1. The van der Waals surface area contributed by atoms with Crippen LogP contribution in [-0.4, -0.2) is 19.8 Å². The highest BCUT2D eigenvalue weighted by Gasteiger charge is 2.31. The Morgan fingerprint density at radius 3 is 2.56 bits per heavy atom. The van der Waals surface area contributed by atoms with Crippen LogP contribution in [0.2, 0.25) is 0 Å². The molecule has 2 saturated carbocycles. The standard InChI is InChI=1S/C16H23NO/c1-2-4-14(5-3-1)16(15-8-9-15)17-10-11-18-12-13-6-7-13/h1-5,13,15-17H,6-12H2. The van der Waals surface area contributed by atoms with Crippen LogP contribution in [0.5, 0.6) is 0 Å². The summed E-state index contributed by atoms with van der Waals surface area (Å²) in [6.45, 7) is 2.80. The first kappa shape index (κ1) is 12.2. The molecule has 18 heavy (non-hydrogen) atoms. The van der Waals surface area contributed by atoms with E-state index in [2.05, 4.69) is 35.6 Å². The second kappa shape index (κ2) is 5.85. The summed E-state index contributed by atoms with van der Waals surface area (Å²) in [4.78, 5) is 0. The van der Waals surface area contributed by atoms with Gasteiger partial charge in [-0.1, -0.05) is 30.3 Å². The van der Waals surface area contributed by atoms with Gasteiger partial charge in [0.25, 0.3) is 0 Å². The van der Waals surface area contributed by atoms with Gasteiger partial charge in [-0.25, -0.2) is 0 Å².